The molecule has 30 heavy (non-hydrogen) atoms. The second-order valence-electron chi connectivity index (χ2n) is 6.50. The van der Waals surface area contributed by atoms with Crippen LogP contribution in [-0.4, -0.2) is 16.0 Å². The molecular weight excluding hydrogens is 441 g/mol. The van der Waals surface area contributed by atoms with Gasteiger partial charge in [0, 0.05) is 22.3 Å². The predicted molar refractivity (Wildman–Crippen MR) is 124 cm³/mol. The lowest BCUT2D eigenvalue weighted by Crippen LogP contribution is -2.33. The number of furan rings is 1. The number of carbonyl (C=O) groups is 1. The van der Waals surface area contributed by atoms with Crippen molar-refractivity contribution >= 4 is 63.0 Å². The van der Waals surface area contributed by atoms with Gasteiger partial charge in [-0.25, -0.2) is 0 Å². The van der Waals surface area contributed by atoms with Crippen LogP contribution in [0.15, 0.2) is 65.1 Å². The molecule has 4 aromatic rings. The molecule has 0 unspecified atom stereocenters. The van der Waals surface area contributed by atoms with Gasteiger partial charge in [0.15, 0.2) is 10.9 Å². The highest BCUT2D eigenvalue weighted by molar-refractivity contribution is 7.80. The van der Waals surface area contributed by atoms with Crippen LogP contribution in [-0.2, 0) is 0 Å². The minimum atomic E-state index is -0.480. The summed E-state index contributed by atoms with van der Waals surface area (Å²) in [4.78, 5) is 17.0. The summed E-state index contributed by atoms with van der Waals surface area (Å²) in [5.74, 6) is 0.0496. The Morgan fingerprint density at radius 3 is 2.67 bits per heavy atom. The Hall–Kier alpha value is -2.93. The summed E-state index contributed by atoms with van der Waals surface area (Å²) in [6.45, 7) is 1.93. The van der Waals surface area contributed by atoms with Crippen LogP contribution in [0.5, 0.6) is 0 Å². The number of pyridine rings is 1. The average molecular weight is 456 g/mol. The van der Waals surface area contributed by atoms with Crippen molar-refractivity contribution in [1.82, 2.24) is 10.3 Å². The van der Waals surface area contributed by atoms with E-state index in [9.17, 15) is 4.79 Å². The van der Waals surface area contributed by atoms with E-state index in [1.165, 1.54) is 0 Å². The first kappa shape index (κ1) is 20.3. The number of aryl methyl sites for hydroxylation is 1. The molecule has 0 aliphatic rings. The van der Waals surface area contributed by atoms with Crippen LogP contribution in [0.2, 0.25) is 10.0 Å². The van der Waals surface area contributed by atoms with Crippen LogP contribution in [0, 0.1) is 6.92 Å². The molecule has 0 atom stereocenters. The minimum Gasteiger partial charge on any atom is -0.451 e. The quantitative estimate of drug-likeness (QED) is 0.358. The number of halogens is 2. The van der Waals surface area contributed by atoms with Crippen LogP contribution >= 0.6 is 35.4 Å². The van der Waals surface area contributed by atoms with Crippen molar-refractivity contribution in [2.45, 2.75) is 6.92 Å². The fourth-order valence-electron chi connectivity index (χ4n) is 2.98. The molecule has 0 radical (unpaired) electrons. The van der Waals surface area contributed by atoms with Gasteiger partial charge in [-0.05, 0) is 67.7 Å². The van der Waals surface area contributed by atoms with Crippen LogP contribution in [0.25, 0.3) is 22.2 Å². The van der Waals surface area contributed by atoms with Gasteiger partial charge >= 0.3 is 0 Å². The van der Waals surface area contributed by atoms with Gasteiger partial charge in [-0.15, -0.1) is 0 Å². The molecule has 0 saturated heterocycles. The lowest BCUT2D eigenvalue weighted by Gasteiger charge is -2.11. The Labute approximate surface area is 188 Å². The van der Waals surface area contributed by atoms with Gasteiger partial charge in [0.2, 0.25) is 0 Å². The Morgan fingerprint density at radius 2 is 1.83 bits per heavy atom. The molecule has 0 aliphatic heterocycles. The minimum absolute atomic E-state index is 0.0976. The largest absolute Gasteiger partial charge is 0.451 e. The molecule has 150 valence electrons. The smallest absolute Gasteiger partial charge is 0.293 e. The molecular formula is C22H15Cl2N3O2S. The summed E-state index contributed by atoms with van der Waals surface area (Å²) in [6.07, 6.45) is 0. The maximum absolute atomic E-state index is 12.5. The summed E-state index contributed by atoms with van der Waals surface area (Å²) in [6, 6.07) is 17.9. The number of aromatic nitrogens is 1. The van der Waals surface area contributed by atoms with E-state index in [4.69, 9.17) is 39.8 Å². The molecule has 2 heterocycles. The first-order chi connectivity index (χ1) is 14.4. The summed E-state index contributed by atoms with van der Waals surface area (Å²) in [5, 5.41) is 7.47. The fourth-order valence-corrected chi connectivity index (χ4v) is 3.58. The summed E-state index contributed by atoms with van der Waals surface area (Å²) in [7, 11) is 0. The third-order valence-electron chi connectivity index (χ3n) is 4.39. The van der Waals surface area contributed by atoms with E-state index in [0.29, 0.717) is 21.4 Å². The van der Waals surface area contributed by atoms with Gasteiger partial charge < -0.3 is 9.73 Å². The molecule has 4 rings (SSSR count). The number of carbonyl (C=O) groups excluding carboxylic acids is 1. The SMILES string of the molecule is Cc1ccc2c(NC(=S)NC(=O)c3ccc(-c4cccc(Cl)c4Cl)o3)cccc2n1. The summed E-state index contributed by atoms with van der Waals surface area (Å²) in [5.41, 5.74) is 3.10. The molecule has 2 N–H and O–H groups in total. The molecule has 0 bridgehead atoms. The van der Waals surface area contributed by atoms with E-state index in [-0.39, 0.29) is 10.9 Å². The molecule has 0 saturated carbocycles. The number of fused-ring (bicyclic) bond motifs is 1. The normalized spacial score (nSPS) is 10.8. The monoisotopic (exact) mass is 455 g/mol. The standard InChI is InChI=1S/C22H15Cl2N3O2S/c1-12-8-9-13-16(25-12)6-3-7-17(13)26-22(30)27-21(28)19-11-10-18(29-19)14-4-2-5-15(23)20(14)24/h2-11H,1H3,(H2,26,27,28,30). The molecule has 8 heteroatoms. The van der Waals surface area contributed by atoms with Crippen LogP contribution in [0.3, 0.4) is 0 Å². The number of amides is 1. The maximum Gasteiger partial charge on any atom is 0.293 e. The van der Waals surface area contributed by atoms with E-state index in [1.54, 1.807) is 30.3 Å². The number of rotatable bonds is 3. The molecule has 5 nitrogen and oxygen atoms in total. The van der Waals surface area contributed by atoms with Gasteiger partial charge in [0.1, 0.15) is 5.76 Å². The van der Waals surface area contributed by atoms with E-state index >= 15 is 0 Å². The number of nitrogens with zero attached hydrogens (tertiary/aromatic N) is 1. The Bertz CT molecular complexity index is 1290. The Morgan fingerprint density at radius 1 is 1.03 bits per heavy atom. The van der Waals surface area contributed by atoms with Crippen molar-refractivity contribution in [3.8, 4) is 11.3 Å². The van der Waals surface area contributed by atoms with Gasteiger partial charge in [-0.2, -0.15) is 0 Å². The number of nitrogens with one attached hydrogen (secondary N) is 2. The van der Waals surface area contributed by atoms with Crippen LogP contribution in [0.4, 0.5) is 5.69 Å². The van der Waals surface area contributed by atoms with Crippen molar-refractivity contribution < 1.29 is 9.21 Å². The Balaban J connectivity index is 1.49. The van der Waals surface area contributed by atoms with Gasteiger partial charge in [0.25, 0.3) is 5.91 Å². The van der Waals surface area contributed by atoms with Crippen molar-refractivity contribution in [2.24, 2.45) is 0 Å². The van der Waals surface area contributed by atoms with E-state index in [2.05, 4.69) is 15.6 Å². The number of benzene rings is 2. The number of thiocarbonyl (C=S) groups is 1. The lowest BCUT2D eigenvalue weighted by atomic mass is 10.1. The highest BCUT2D eigenvalue weighted by Gasteiger charge is 2.16. The first-order valence-electron chi connectivity index (χ1n) is 8.95. The second kappa shape index (κ2) is 8.44. The summed E-state index contributed by atoms with van der Waals surface area (Å²) < 4.78 is 5.65. The average Bonchev–Trinajstić information content (AvgIpc) is 3.20. The van der Waals surface area contributed by atoms with Crippen LogP contribution in [0.1, 0.15) is 16.2 Å². The zero-order valence-electron chi connectivity index (χ0n) is 15.7. The van der Waals surface area contributed by atoms with E-state index in [0.717, 1.165) is 22.3 Å². The second-order valence-corrected chi connectivity index (χ2v) is 7.69. The van der Waals surface area contributed by atoms with Crippen molar-refractivity contribution in [2.75, 3.05) is 5.32 Å². The van der Waals surface area contributed by atoms with Crippen LogP contribution < -0.4 is 10.6 Å². The predicted octanol–water partition coefficient (Wildman–Crippen LogP) is 6.24. The number of hydrogen-bond donors (Lipinski definition) is 2. The Kier molecular flexibility index (Phi) is 5.72. The van der Waals surface area contributed by atoms with Crippen molar-refractivity contribution in [3.05, 3.63) is 82.2 Å². The molecule has 2 aromatic carbocycles. The van der Waals surface area contributed by atoms with E-state index < -0.39 is 5.91 Å². The fraction of sp³-hybridized carbons (Fsp3) is 0.0455. The highest BCUT2D eigenvalue weighted by atomic mass is 35.5. The van der Waals surface area contributed by atoms with Crippen molar-refractivity contribution in [1.29, 1.82) is 0 Å². The molecule has 0 fully saturated rings. The zero-order chi connectivity index (χ0) is 21.3. The summed E-state index contributed by atoms with van der Waals surface area (Å²) >= 11 is 17.6. The third kappa shape index (κ3) is 4.16. The third-order valence-corrected chi connectivity index (χ3v) is 5.42. The van der Waals surface area contributed by atoms with Crippen molar-refractivity contribution in [3.63, 3.8) is 0 Å². The van der Waals surface area contributed by atoms with Gasteiger partial charge in [-0.1, -0.05) is 35.3 Å². The molecule has 0 spiro atoms. The highest BCUT2D eigenvalue weighted by Crippen LogP contribution is 2.34. The van der Waals surface area contributed by atoms with Gasteiger partial charge in [0.05, 0.1) is 15.6 Å². The number of anilines is 1. The molecule has 1 amide bonds. The molecule has 0 aliphatic carbocycles. The topological polar surface area (TPSA) is 67.2 Å². The zero-order valence-corrected chi connectivity index (χ0v) is 18.0. The first-order valence-corrected chi connectivity index (χ1v) is 10.1. The van der Waals surface area contributed by atoms with Gasteiger partial charge in [-0.3, -0.25) is 15.1 Å². The number of hydrogen-bond acceptors (Lipinski definition) is 4. The maximum atomic E-state index is 12.5. The molecule has 2 aromatic heterocycles. The van der Waals surface area contributed by atoms with E-state index in [1.807, 2.05) is 37.3 Å². The lowest BCUT2D eigenvalue weighted by molar-refractivity contribution is 0.0951.